The van der Waals surface area contributed by atoms with Gasteiger partial charge in [0.2, 0.25) is 0 Å². The minimum atomic E-state index is -0.523. The van der Waals surface area contributed by atoms with Crippen molar-refractivity contribution in [1.82, 2.24) is 4.98 Å². The van der Waals surface area contributed by atoms with Crippen LogP contribution in [0.2, 0.25) is 5.02 Å². The van der Waals surface area contributed by atoms with Gasteiger partial charge in [-0.15, -0.1) is 0 Å². The monoisotopic (exact) mass is 265 g/mol. The molecule has 2 nitrogen and oxygen atoms in total. The number of nitrogens with zero attached hydrogens (tertiary/aromatic N) is 1. The lowest BCUT2D eigenvalue weighted by Crippen LogP contribution is -1.95. The molecule has 0 saturated heterocycles. The van der Waals surface area contributed by atoms with Crippen LogP contribution in [0.5, 0.6) is 0 Å². The topological polar surface area (TPSA) is 33.1 Å². The Morgan fingerprint density at radius 2 is 2.12 bits per heavy atom. The first-order valence-corrected chi connectivity index (χ1v) is 6.42. The molecule has 0 aliphatic rings. The van der Waals surface area contributed by atoms with E-state index in [4.69, 9.17) is 11.6 Å². The molecule has 1 aromatic heterocycles. The highest BCUT2D eigenvalue weighted by atomic mass is 35.5. The molecule has 0 radical (unpaired) electrons. The molecule has 0 aliphatic heterocycles. The number of aromatic nitrogens is 1. The molecule has 1 aromatic carbocycles. The van der Waals surface area contributed by atoms with E-state index in [0.29, 0.717) is 5.02 Å². The van der Waals surface area contributed by atoms with Crippen LogP contribution < -0.4 is 0 Å². The number of pyridine rings is 1. The fourth-order valence-corrected chi connectivity index (χ4v) is 2.73. The predicted octanol–water partition coefficient (Wildman–Crippen LogP) is 3.94. The SMILES string of the molecule is CC(O)c1cccnc1Sc1cccc(Cl)c1. The van der Waals surface area contributed by atoms with Crippen LogP contribution in [-0.2, 0) is 0 Å². The van der Waals surface area contributed by atoms with Gasteiger partial charge < -0.3 is 5.11 Å². The second-order valence-corrected chi connectivity index (χ2v) is 5.13. The van der Waals surface area contributed by atoms with Crippen molar-refractivity contribution in [3.8, 4) is 0 Å². The van der Waals surface area contributed by atoms with Crippen LogP contribution in [0.15, 0.2) is 52.5 Å². The molecule has 2 rings (SSSR count). The quantitative estimate of drug-likeness (QED) is 0.913. The summed E-state index contributed by atoms with van der Waals surface area (Å²) in [4.78, 5) is 5.30. The third kappa shape index (κ3) is 3.22. The highest BCUT2D eigenvalue weighted by Crippen LogP contribution is 2.32. The van der Waals surface area contributed by atoms with Crippen molar-refractivity contribution in [2.75, 3.05) is 0 Å². The lowest BCUT2D eigenvalue weighted by molar-refractivity contribution is 0.195. The Labute approximate surface area is 110 Å². The molecule has 0 saturated carbocycles. The van der Waals surface area contributed by atoms with Gasteiger partial charge in [-0.3, -0.25) is 0 Å². The minimum Gasteiger partial charge on any atom is -0.389 e. The molecule has 17 heavy (non-hydrogen) atoms. The molecule has 0 fully saturated rings. The summed E-state index contributed by atoms with van der Waals surface area (Å²) >= 11 is 7.43. The maximum absolute atomic E-state index is 9.66. The molecule has 88 valence electrons. The standard InChI is InChI=1S/C13H12ClNOS/c1-9(16)12-6-3-7-15-13(12)17-11-5-2-4-10(14)8-11/h2-9,16H,1H3. The molecular weight excluding hydrogens is 254 g/mol. The zero-order valence-corrected chi connectivity index (χ0v) is 10.9. The fourth-order valence-electron chi connectivity index (χ4n) is 1.45. The largest absolute Gasteiger partial charge is 0.389 e. The molecule has 1 atom stereocenters. The number of rotatable bonds is 3. The molecule has 1 N–H and O–H groups in total. The highest BCUT2D eigenvalue weighted by molar-refractivity contribution is 7.99. The van der Waals surface area contributed by atoms with Crippen LogP contribution in [-0.4, -0.2) is 10.1 Å². The van der Waals surface area contributed by atoms with E-state index in [0.717, 1.165) is 15.5 Å². The molecule has 0 spiro atoms. The van der Waals surface area contributed by atoms with Crippen LogP contribution >= 0.6 is 23.4 Å². The van der Waals surface area contributed by atoms with Crippen molar-refractivity contribution in [3.63, 3.8) is 0 Å². The van der Waals surface area contributed by atoms with Crippen LogP contribution in [0.25, 0.3) is 0 Å². The van der Waals surface area contributed by atoms with Gasteiger partial charge in [-0.1, -0.05) is 35.5 Å². The molecule has 0 amide bonds. The van der Waals surface area contributed by atoms with E-state index in [1.807, 2.05) is 36.4 Å². The first kappa shape index (κ1) is 12.4. The Morgan fingerprint density at radius 3 is 2.82 bits per heavy atom. The second-order valence-electron chi connectivity index (χ2n) is 3.63. The molecule has 2 aromatic rings. The van der Waals surface area contributed by atoms with E-state index < -0.39 is 6.10 Å². The number of benzene rings is 1. The van der Waals surface area contributed by atoms with Gasteiger partial charge >= 0.3 is 0 Å². The van der Waals surface area contributed by atoms with E-state index in [9.17, 15) is 5.11 Å². The maximum atomic E-state index is 9.66. The molecular formula is C13H12ClNOS. The van der Waals surface area contributed by atoms with Crippen LogP contribution in [0, 0.1) is 0 Å². The summed E-state index contributed by atoms with van der Waals surface area (Å²) in [5.74, 6) is 0. The fraction of sp³-hybridized carbons (Fsp3) is 0.154. The zero-order chi connectivity index (χ0) is 12.3. The van der Waals surface area contributed by atoms with Gasteiger partial charge in [-0.2, -0.15) is 0 Å². The molecule has 4 heteroatoms. The average Bonchev–Trinajstić information content (AvgIpc) is 2.29. The van der Waals surface area contributed by atoms with E-state index in [2.05, 4.69) is 4.98 Å². The number of hydrogen-bond donors (Lipinski definition) is 1. The van der Waals surface area contributed by atoms with E-state index in [1.54, 1.807) is 13.1 Å². The Hall–Kier alpha value is -1.03. The van der Waals surface area contributed by atoms with Gasteiger partial charge in [0.25, 0.3) is 0 Å². The first-order valence-electron chi connectivity index (χ1n) is 5.23. The number of aliphatic hydroxyl groups is 1. The smallest absolute Gasteiger partial charge is 0.106 e. The Kier molecular flexibility index (Phi) is 4.05. The summed E-state index contributed by atoms with van der Waals surface area (Å²) in [7, 11) is 0. The van der Waals surface area contributed by atoms with Gasteiger partial charge in [0.1, 0.15) is 5.03 Å². The van der Waals surface area contributed by atoms with E-state index in [-0.39, 0.29) is 0 Å². The van der Waals surface area contributed by atoms with Gasteiger partial charge in [-0.05, 0) is 31.2 Å². The van der Waals surface area contributed by atoms with Crippen molar-refractivity contribution < 1.29 is 5.11 Å². The van der Waals surface area contributed by atoms with Gasteiger partial charge in [0.05, 0.1) is 6.10 Å². The average molecular weight is 266 g/mol. The lowest BCUT2D eigenvalue weighted by atomic mass is 10.2. The molecule has 1 heterocycles. The Balaban J connectivity index is 2.30. The van der Waals surface area contributed by atoms with Crippen LogP contribution in [0.4, 0.5) is 0 Å². The molecule has 1 unspecified atom stereocenters. The van der Waals surface area contributed by atoms with E-state index in [1.165, 1.54) is 11.8 Å². The third-order valence-corrected chi connectivity index (χ3v) is 3.52. The molecule has 0 aliphatic carbocycles. The molecule has 0 bridgehead atoms. The first-order chi connectivity index (χ1) is 8.16. The summed E-state index contributed by atoms with van der Waals surface area (Å²) in [5, 5.41) is 11.2. The van der Waals surface area contributed by atoms with E-state index >= 15 is 0 Å². The summed E-state index contributed by atoms with van der Waals surface area (Å²) < 4.78 is 0. The minimum absolute atomic E-state index is 0.523. The van der Waals surface area contributed by atoms with Crippen LogP contribution in [0.3, 0.4) is 0 Å². The van der Waals surface area contributed by atoms with Crippen molar-refractivity contribution in [1.29, 1.82) is 0 Å². The van der Waals surface area contributed by atoms with Crippen molar-refractivity contribution >= 4 is 23.4 Å². The summed E-state index contributed by atoms with van der Waals surface area (Å²) in [6.45, 7) is 1.74. The summed E-state index contributed by atoms with van der Waals surface area (Å²) in [6, 6.07) is 11.3. The van der Waals surface area contributed by atoms with Gasteiger partial charge in [-0.25, -0.2) is 4.98 Å². The summed E-state index contributed by atoms with van der Waals surface area (Å²) in [5.41, 5.74) is 0.831. The number of halogens is 1. The highest BCUT2D eigenvalue weighted by Gasteiger charge is 2.09. The third-order valence-electron chi connectivity index (χ3n) is 2.26. The van der Waals surface area contributed by atoms with Gasteiger partial charge in [0.15, 0.2) is 0 Å². The Morgan fingerprint density at radius 1 is 1.29 bits per heavy atom. The van der Waals surface area contributed by atoms with Crippen molar-refractivity contribution in [2.45, 2.75) is 22.9 Å². The second kappa shape index (κ2) is 5.54. The lowest BCUT2D eigenvalue weighted by Gasteiger charge is -2.10. The zero-order valence-electron chi connectivity index (χ0n) is 9.30. The predicted molar refractivity (Wildman–Crippen MR) is 70.4 cm³/mol. The maximum Gasteiger partial charge on any atom is 0.106 e. The van der Waals surface area contributed by atoms with Gasteiger partial charge in [0, 0.05) is 21.7 Å². The van der Waals surface area contributed by atoms with Crippen molar-refractivity contribution in [3.05, 3.63) is 53.2 Å². The Bertz CT molecular complexity index is 516. The van der Waals surface area contributed by atoms with Crippen molar-refractivity contribution in [2.24, 2.45) is 0 Å². The number of aliphatic hydroxyl groups excluding tert-OH is 1. The number of hydrogen-bond acceptors (Lipinski definition) is 3. The van der Waals surface area contributed by atoms with Crippen LogP contribution in [0.1, 0.15) is 18.6 Å². The summed E-state index contributed by atoms with van der Waals surface area (Å²) in [6.07, 6.45) is 1.20. The normalized spacial score (nSPS) is 12.4.